The van der Waals surface area contributed by atoms with Crippen molar-refractivity contribution in [3.8, 4) is 11.1 Å². The summed E-state index contributed by atoms with van der Waals surface area (Å²) in [5.41, 5.74) is -0.426. The molecular formula is C16H12F3NO3. The minimum absolute atomic E-state index is 0.119. The van der Waals surface area contributed by atoms with Crippen molar-refractivity contribution in [2.45, 2.75) is 18.6 Å². The van der Waals surface area contributed by atoms with E-state index in [1.165, 1.54) is 6.07 Å². The Morgan fingerprint density at radius 1 is 1.13 bits per heavy atom. The Hall–Kier alpha value is -2.54. The summed E-state index contributed by atoms with van der Waals surface area (Å²) >= 11 is 0. The highest BCUT2D eigenvalue weighted by molar-refractivity contribution is 5.84. The second kappa shape index (κ2) is 5.27. The summed E-state index contributed by atoms with van der Waals surface area (Å²) < 4.78 is 40.0. The number of hydrogen-bond donors (Lipinski definition) is 2. The highest BCUT2D eigenvalue weighted by Gasteiger charge is 2.42. The molecule has 0 amide bonds. The third kappa shape index (κ3) is 2.63. The number of fused-ring (bicyclic) bond motifs is 1. The fourth-order valence-electron chi connectivity index (χ4n) is 2.77. The predicted octanol–water partition coefficient (Wildman–Crippen LogP) is 3.58. The summed E-state index contributed by atoms with van der Waals surface area (Å²) in [4.78, 5) is 11.1. The van der Waals surface area contributed by atoms with Crippen LogP contribution in [-0.4, -0.2) is 22.3 Å². The highest BCUT2D eigenvalue weighted by atomic mass is 19.4. The van der Waals surface area contributed by atoms with E-state index in [4.69, 9.17) is 5.11 Å². The Bertz CT molecular complexity index is 759. The van der Waals surface area contributed by atoms with Gasteiger partial charge in [-0.15, -0.1) is 0 Å². The van der Waals surface area contributed by atoms with Gasteiger partial charge < -0.3 is 5.11 Å². The second-order valence-electron chi connectivity index (χ2n) is 5.29. The summed E-state index contributed by atoms with van der Waals surface area (Å²) in [5, 5.41) is 19.4. The molecule has 0 aromatic heterocycles. The third-order valence-electron chi connectivity index (χ3n) is 3.86. The molecule has 120 valence electrons. The van der Waals surface area contributed by atoms with E-state index < -0.39 is 30.2 Å². The first-order valence-electron chi connectivity index (χ1n) is 6.79. The molecule has 1 heterocycles. The summed E-state index contributed by atoms with van der Waals surface area (Å²) in [7, 11) is 0. The summed E-state index contributed by atoms with van der Waals surface area (Å²) in [5.74, 6) is -1.38. The highest BCUT2D eigenvalue weighted by Crippen LogP contribution is 2.43. The van der Waals surface area contributed by atoms with Crippen LogP contribution < -0.4 is 5.06 Å². The molecular weight excluding hydrogens is 311 g/mol. The molecule has 0 bridgehead atoms. The number of hydroxylamine groups is 1. The van der Waals surface area contributed by atoms with Gasteiger partial charge in [0.15, 0.2) is 6.04 Å². The van der Waals surface area contributed by atoms with E-state index in [1.54, 1.807) is 30.3 Å². The molecule has 0 saturated carbocycles. The molecule has 1 aliphatic rings. The van der Waals surface area contributed by atoms with E-state index in [0.29, 0.717) is 10.6 Å². The average molecular weight is 323 g/mol. The maximum atomic E-state index is 13.3. The van der Waals surface area contributed by atoms with E-state index >= 15 is 0 Å². The van der Waals surface area contributed by atoms with Gasteiger partial charge in [-0.25, -0.2) is 9.86 Å². The van der Waals surface area contributed by atoms with Crippen molar-refractivity contribution in [2.75, 3.05) is 5.06 Å². The molecule has 0 saturated heterocycles. The van der Waals surface area contributed by atoms with Crippen molar-refractivity contribution < 1.29 is 28.3 Å². The number of carbonyl (C=O) groups is 1. The van der Waals surface area contributed by atoms with Crippen LogP contribution in [0.1, 0.15) is 11.1 Å². The predicted molar refractivity (Wildman–Crippen MR) is 76.3 cm³/mol. The van der Waals surface area contributed by atoms with Gasteiger partial charge in [0.25, 0.3) is 0 Å². The number of benzene rings is 2. The number of nitrogens with zero attached hydrogens (tertiary/aromatic N) is 1. The number of carboxylic acid groups (broad SMARTS) is 1. The van der Waals surface area contributed by atoms with Crippen LogP contribution >= 0.6 is 0 Å². The quantitative estimate of drug-likeness (QED) is 0.887. The van der Waals surface area contributed by atoms with Crippen LogP contribution in [0.4, 0.5) is 18.9 Å². The first kappa shape index (κ1) is 15.4. The molecule has 2 N–H and O–H groups in total. The molecule has 3 rings (SSSR count). The van der Waals surface area contributed by atoms with Gasteiger partial charge >= 0.3 is 12.1 Å². The van der Waals surface area contributed by atoms with Crippen molar-refractivity contribution in [1.29, 1.82) is 0 Å². The summed E-state index contributed by atoms with van der Waals surface area (Å²) in [6, 6.07) is 9.35. The fraction of sp³-hybridized carbons (Fsp3) is 0.188. The zero-order valence-corrected chi connectivity index (χ0v) is 11.7. The second-order valence-corrected chi connectivity index (χ2v) is 5.29. The minimum Gasteiger partial charge on any atom is -0.480 e. The van der Waals surface area contributed by atoms with Crippen LogP contribution in [0.15, 0.2) is 42.5 Å². The van der Waals surface area contributed by atoms with Crippen molar-refractivity contribution in [3.63, 3.8) is 0 Å². The lowest BCUT2D eigenvalue weighted by molar-refractivity contribution is -0.141. The van der Waals surface area contributed by atoms with E-state index in [0.717, 1.165) is 6.07 Å². The largest absolute Gasteiger partial charge is 0.480 e. The Balaban J connectivity index is 2.20. The lowest BCUT2D eigenvalue weighted by Gasteiger charge is -2.18. The minimum atomic E-state index is -4.64. The SMILES string of the molecule is O=C(O)C1Cc2c(cc(-c3ccccc3)cc2C(F)(F)F)N1O. The molecule has 1 atom stereocenters. The smallest absolute Gasteiger partial charge is 0.416 e. The van der Waals surface area contributed by atoms with Crippen molar-refractivity contribution in [2.24, 2.45) is 0 Å². The maximum Gasteiger partial charge on any atom is 0.416 e. The Kier molecular flexibility index (Phi) is 3.52. The van der Waals surface area contributed by atoms with Gasteiger partial charge in [-0.05, 0) is 28.8 Å². The maximum absolute atomic E-state index is 13.3. The molecule has 2 aromatic carbocycles. The van der Waals surface area contributed by atoms with Crippen molar-refractivity contribution >= 4 is 11.7 Å². The van der Waals surface area contributed by atoms with Crippen LogP contribution in [0.25, 0.3) is 11.1 Å². The van der Waals surface area contributed by atoms with Gasteiger partial charge in [-0.2, -0.15) is 13.2 Å². The van der Waals surface area contributed by atoms with Crippen LogP contribution in [0, 0.1) is 0 Å². The van der Waals surface area contributed by atoms with Gasteiger partial charge in [0.2, 0.25) is 0 Å². The Morgan fingerprint density at radius 2 is 1.78 bits per heavy atom. The van der Waals surface area contributed by atoms with Crippen LogP contribution in [0.3, 0.4) is 0 Å². The zero-order chi connectivity index (χ0) is 16.8. The molecule has 1 aliphatic heterocycles. The number of carboxylic acids is 1. The van der Waals surface area contributed by atoms with Crippen molar-refractivity contribution in [1.82, 2.24) is 0 Å². The molecule has 0 aliphatic carbocycles. The first-order valence-corrected chi connectivity index (χ1v) is 6.79. The van der Waals surface area contributed by atoms with Gasteiger partial charge in [-0.3, -0.25) is 5.21 Å². The Morgan fingerprint density at radius 3 is 2.35 bits per heavy atom. The third-order valence-corrected chi connectivity index (χ3v) is 3.86. The number of hydrogen-bond acceptors (Lipinski definition) is 3. The molecule has 0 fully saturated rings. The first-order chi connectivity index (χ1) is 10.8. The number of halogens is 3. The molecule has 0 spiro atoms. The lowest BCUT2D eigenvalue weighted by atomic mass is 9.96. The van der Waals surface area contributed by atoms with E-state index in [9.17, 15) is 23.2 Å². The van der Waals surface area contributed by atoms with Gasteiger partial charge in [-0.1, -0.05) is 30.3 Å². The number of rotatable bonds is 2. The van der Waals surface area contributed by atoms with Gasteiger partial charge in [0.05, 0.1) is 11.3 Å². The molecule has 4 nitrogen and oxygen atoms in total. The zero-order valence-electron chi connectivity index (χ0n) is 11.7. The molecule has 1 unspecified atom stereocenters. The van der Waals surface area contributed by atoms with Crippen molar-refractivity contribution in [3.05, 3.63) is 53.6 Å². The summed E-state index contributed by atoms with van der Waals surface area (Å²) in [6.07, 6.45) is -5.03. The average Bonchev–Trinajstić information content (AvgIpc) is 2.84. The standard InChI is InChI=1S/C16H12F3NO3/c17-16(18,19)12-6-10(9-4-2-1-3-5-9)7-13-11(12)8-14(15(21)22)20(13)23/h1-7,14,23H,8H2,(H,21,22). The van der Waals surface area contributed by atoms with E-state index in [2.05, 4.69) is 0 Å². The Labute approximate surface area is 129 Å². The monoisotopic (exact) mass is 323 g/mol. The fourth-order valence-corrected chi connectivity index (χ4v) is 2.77. The number of anilines is 1. The topological polar surface area (TPSA) is 60.8 Å². The molecule has 23 heavy (non-hydrogen) atoms. The lowest BCUT2D eigenvalue weighted by Crippen LogP contribution is -2.35. The molecule has 7 heteroatoms. The van der Waals surface area contributed by atoms with Crippen LogP contribution in [-0.2, 0) is 17.4 Å². The van der Waals surface area contributed by atoms with Gasteiger partial charge in [0.1, 0.15) is 0 Å². The van der Waals surface area contributed by atoms with E-state index in [1.807, 2.05) is 0 Å². The number of aliphatic carboxylic acids is 1. The van der Waals surface area contributed by atoms with Gasteiger partial charge in [0, 0.05) is 6.42 Å². The van der Waals surface area contributed by atoms with Crippen LogP contribution in [0.2, 0.25) is 0 Å². The number of alkyl halides is 3. The van der Waals surface area contributed by atoms with E-state index in [-0.39, 0.29) is 16.8 Å². The summed E-state index contributed by atoms with van der Waals surface area (Å²) in [6.45, 7) is 0. The van der Waals surface area contributed by atoms with Crippen LogP contribution in [0.5, 0.6) is 0 Å². The molecule has 2 aromatic rings. The molecule has 0 radical (unpaired) electrons. The normalized spacial score (nSPS) is 17.2.